The molecule has 0 spiro atoms. The molecule has 1 unspecified atom stereocenters. The van der Waals surface area contributed by atoms with Gasteiger partial charge in [-0.05, 0) is 48.7 Å². The number of carbonyl (C=O) groups excluding carboxylic acids is 1. The lowest BCUT2D eigenvalue weighted by Gasteiger charge is -2.13. The Morgan fingerprint density at radius 3 is 2.83 bits per heavy atom. The van der Waals surface area contributed by atoms with Crippen LogP contribution in [0.15, 0.2) is 30.3 Å². The zero-order valence-corrected chi connectivity index (χ0v) is 14.0. The molecular weight excluding hydrogens is 308 g/mol. The molecule has 0 saturated carbocycles. The smallest absolute Gasteiger partial charge is 0.343 e. The van der Waals surface area contributed by atoms with Crippen molar-refractivity contribution in [3.8, 4) is 22.6 Å². The largest absolute Gasteiger partial charge is 0.489 e. The van der Waals surface area contributed by atoms with Crippen LogP contribution in [0.4, 0.5) is 0 Å². The lowest BCUT2D eigenvalue weighted by atomic mass is 9.96. The second-order valence-corrected chi connectivity index (χ2v) is 5.90. The highest BCUT2D eigenvalue weighted by molar-refractivity contribution is 5.76. The standard InChI is InChI=1S/C19H20O5/c1-11-6-14(19-15(7-11)16(20)9-24-19)13-5-4-12(2)17(8-13)23-10-18(21)22-3/h4-8,16,20H,9-10H2,1-3H3. The number of fused-ring (bicyclic) bond motifs is 1. The summed E-state index contributed by atoms with van der Waals surface area (Å²) in [4.78, 5) is 11.3. The highest BCUT2D eigenvalue weighted by atomic mass is 16.6. The number of carbonyl (C=O) groups is 1. The van der Waals surface area contributed by atoms with Crippen molar-refractivity contribution in [3.05, 3.63) is 47.0 Å². The first-order valence-electron chi connectivity index (χ1n) is 7.75. The maximum absolute atomic E-state index is 11.3. The number of rotatable bonds is 4. The quantitative estimate of drug-likeness (QED) is 0.874. The third-order valence-corrected chi connectivity index (χ3v) is 4.08. The van der Waals surface area contributed by atoms with Crippen molar-refractivity contribution in [3.63, 3.8) is 0 Å². The van der Waals surface area contributed by atoms with Crippen molar-refractivity contribution in [1.29, 1.82) is 0 Å². The van der Waals surface area contributed by atoms with E-state index in [2.05, 4.69) is 4.74 Å². The van der Waals surface area contributed by atoms with Gasteiger partial charge in [-0.25, -0.2) is 4.79 Å². The summed E-state index contributed by atoms with van der Waals surface area (Å²) >= 11 is 0. The van der Waals surface area contributed by atoms with E-state index in [1.807, 2.05) is 44.2 Å². The molecule has 0 saturated heterocycles. The number of ether oxygens (including phenoxy) is 3. The molecule has 1 atom stereocenters. The van der Waals surface area contributed by atoms with Crippen molar-refractivity contribution in [2.24, 2.45) is 0 Å². The van der Waals surface area contributed by atoms with Gasteiger partial charge in [0, 0.05) is 11.1 Å². The molecule has 1 N–H and O–H groups in total. The molecule has 24 heavy (non-hydrogen) atoms. The maximum Gasteiger partial charge on any atom is 0.343 e. The average Bonchev–Trinajstić information content (AvgIpc) is 2.94. The fraction of sp³-hybridized carbons (Fsp3) is 0.316. The number of hydrogen-bond acceptors (Lipinski definition) is 5. The van der Waals surface area contributed by atoms with Crippen molar-refractivity contribution in [1.82, 2.24) is 0 Å². The lowest BCUT2D eigenvalue weighted by Crippen LogP contribution is -2.13. The Morgan fingerprint density at radius 1 is 1.29 bits per heavy atom. The molecule has 1 heterocycles. The van der Waals surface area contributed by atoms with E-state index >= 15 is 0 Å². The van der Waals surface area contributed by atoms with E-state index in [4.69, 9.17) is 9.47 Å². The Kier molecular flexibility index (Phi) is 4.44. The molecule has 0 radical (unpaired) electrons. The van der Waals surface area contributed by atoms with Crippen LogP contribution in [0.25, 0.3) is 11.1 Å². The molecule has 2 aromatic carbocycles. The molecule has 0 aromatic heterocycles. The van der Waals surface area contributed by atoms with Gasteiger partial charge < -0.3 is 19.3 Å². The molecule has 126 valence electrons. The van der Waals surface area contributed by atoms with Gasteiger partial charge in [-0.2, -0.15) is 0 Å². The van der Waals surface area contributed by atoms with E-state index in [0.29, 0.717) is 11.5 Å². The maximum atomic E-state index is 11.3. The third-order valence-electron chi connectivity index (χ3n) is 4.08. The van der Waals surface area contributed by atoms with Crippen LogP contribution in [-0.4, -0.2) is 31.4 Å². The highest BCUT2D eigenvalue weighted by Crippen LogP contribution is 2.42. The first-order valence-corrected chi connectivity index (χ1v) is 7.75. The van der Waals surface area contributed by atoms with Crippen LogP contribution in [-0.2, 0) is 9.53 Å². The van der Waals surface area contributed by atoms with E-state index in [-0.39, 0.29) is 13.2 Å². The second kappa shape index (κ2) is 6.53. The van der Waals surface area contributed by atoms with E-state index in [1.165, 1.54) is 7.11 Å². The van der Waals surface area contributed by atoms with Gasteiger partial charge in [0.1, 0.15) is 24.2 Å². The van der Waals surface area contributed by atoms with Crippen LogP contribution >= 0.6 is 0 Å². The Hall–Kier alpha value is -2.53. The summed E-state index contributed by atoms with van der Waals surface area (Å²) < 4.78 is 15.8. The molecule has 1 aliphatic rings. The highest BCUT2D eigenvalue weighted by Gasteiger charge is 2.26. The van der Waals surface area contributed by atoms with Crippen LogP contribution in [0.3, 0.4) is 0 Å². The van der Waals surface area contributed by atoms with E-state index < -0.39 is 12.1 Å². The van der Waals surface area contributed by atoms with Gasteiger partial charge in [-0.1, -0.05) is 12.1 Å². The first kappa shape index (κ1) is 16.3. The molecule has 0 aliphatic carbocycles. The summed E-state index contributed by atoms with van der Waals surface area (Å²) in [6.07, 6.45) is -0.598. The molecule has 0 fully saturated rings. The van der Waals surface area contributed by atoms with Gasteiger partial charge >= 0.3 is 5.97 Å². The lowest BCUT2D eigenvalue weighted by molar-refractivity contribution is -0.142. The number of benzene rings is 2. The minimum Gasteiger partial charge on any atom is -0.489 e. The number of aliphatic hydroxyl groups excluding tert-OH is 1. The van der Waals surface area contributed by atoms with Crippen molar-refractivity contribution < 1.29 is 24.1 Å². The van der Waals surface area contributed by atoms with E-state index in [0.717, 1.165) is 27.8 Å². The van der Waals surface area contributed by atoms with Crippen molar-refractivity contribution in [2.45, 2.75) is 20.0 Å². The summed E-state index contributed by atoms with van der Waals surface area (Å²) in [6, 6.07) is 9.75. The fourth-order valence-corrected chi connectivity index (χ4v) is 2.80. The normalized spacial score (nSPS) is 15.6. The van der Waals surface area contributed by atoms with Gasteiger partial charge in [-0.3, -0.25) is 0 Å². The zero-order chi connectivity index (χ0) is 17.3. The molecule has 5 nitrogen and oxygen atoms in total. The number of aryl methyl sites for hydroxylation is 2. The van der Waals surface area contributed by atoms with Gasteiger partial charge in [0.15, 0.2) is 6.61 Å². The van der Waals surface area contributed by atoms with Crippen molar-refractivity contribution >= 4 is 5.97 Å². The predicted molar refractivity (Wildman–Crippen MR) is 89.3 cm³/mol. The summed E-state index contributed by atoms with van der Waals surface area (Å²) in [5, 5.41) is 10.0. The Bertz CT molecular complexity index is 782. The topological polar surface area (TPSA) is 65.0 Å². The SMILES string of the molecule is COC(=O)COc1cc(-c2cc(C)cc3c2OCC3O)ccc1C. The summed E-state index contributed by atoms with van der Waals surface area (Å²) in [7, 11) is 1.33. The van der Waals surface area contributed by atoms with Crippen LogP contribution in [0.2, 0.25) is 0 Å². The number of methoxy groups -OCH3 is 1. The van der Waals surface area contributed by atoms with Gasteiger partial charge in [0.2, 0.25) is 0 Å². The van der Waals surface area contributed by atoms with Crippen LogP contribution < -0.4 is 9.47 Å². The second-order valence-electron chi connectivity index (χ2n) is 5.90. The monoisotopic (exact) mass is 328 g/mol. The fourth-order valence-electron chi connectivity index (χ4n) is 2.80. The molecular formula is C19H20O5. The zero-order valence-electron chi connectivity index (χ0n) is 14.0. The molecule has 5 heteroatoms. The Morgan fingerprint density at radius 2 is 2.08 bits per heavy atom. The van der Waals surface area contributed by atoms with Crippen LogP contribution in [0.5, 0.6) is 11.5 Å². The average molecular weight is 328 g/mol. The molecule has 2 aromatic rings. The summed E-state index contributed by atoms with van der Waals surface area (Å²) in [5.41, 5.74) is 4.60. The minimum absolute atomic E-state index is 0.137. The van der Waals surface area contributed by atoms with Crippen LogP contribution in [0.1, 0.15) is 22.8 Å². The third kappa shape index (κ3) is 3.08. The number of hydrogen-bond donors (Lipinski definition) is 1. The summed E-state index contributed by atoms with van der Waals surface area (Å²) in [6.45, 7) is 4.03. The van der Waals surface area contributed by atoms with E-state index in [9.17, 15) is 9.90 Å². The number of aliphatic hydroxyl groups is 1. The Balaban J connectivity index is 1.99. The summed E-state index contributed by atoms with van der Waals surface area (Å²) in [5.74, 6) is 0.894. The predicted octanol–water partition coefficient (Wildman–Crippen LogP) is 2.95. The molecule has 0 amide bonds. The van der Waals surface area contributed by atoms with Crippen molar-refractivity contribution in [2.75, 3.05) is 20.3 Å². The first-order chi connectivity index (χ1) is 11.5. The van der Waals surface area contributed by atoms with Gasteiger partial charge in [0.25, 0.3) is 0 Å². The molecule has 0 bridgehead atoms. The minimum atomic E-state index is -0.598. The number of esters is 1. The van der Waals surface area contributed by atoms with Crippen LogP contribution in [0, 0.1) is 13.8 Å². The Labute approximate surface area is 140 Å². The van der Waals surface area contributed by atoms with E-state index in [1.54, 1.807) is 0 Å². The molecule has 3 rings (SSSR count). The van der Waals surface area contributed by atoms with Gasteiger partial charge in [0.05, 0.1) is 7.11 Å². The molecule has 1 aliphatic heterocycles. The van der Waals surface area contributed by atoms with Gasteiger partial charge in [-0.15, -0.1) is 0 Å².